The van der Waals surface area contributed by atoms with Gasteiger partial charge in [-0.25, -0.2) is 0 Å². The number of ether oxygens (including phenoxy) is 1. The Morgan fingerprint density at radius 2 is 2.05 bits per heavy atom. The normalized spacial score (nSPS) is 12.4. The van der Waals surface area contributed by atoms with Crippen LogP contribution in [-0.4, -0.2) is 23.9 Å². The lowest BCUT2D eigenvalue weighted by atomic mass is 10.0. The van der Waals surface area contributed by atoms with Crippen molar-refractivity contribution in [2.24, 2.45) is 0 Å². The van der Waals surface area contributed by atoms with Crippen LogP contribution in [0.2, 0.25) is 0 Å². The minimum atomic E-state index is 0.0621. The van der Waals surface area contributed by atoms with E-state index in [4.69, 9.17) is 4.74 Å². The molecule has 1 aromatic heterocycles. The summed E-state index contributed by atoms with van der Waals surface area (Å²) in [4.78, 5) is 0. The number of hydrogen-bond donors (Lipinski definition) is 1. The van der Waals surface area contributed by atoms with Gasteiger partial charge >= 0.3 is 0 Å². The van der Waals surface area contributed by atoms with Crippen molar-refractivity contribution in [2.75, 3.05) is 14.2 Å². The third-order valence-electron chi connectivity index (χ3n) is 3.27. The van der Waals surface area contributed by atoms with Gasteiger partial charge in [-0.05, 0) is 31.2 Å². The van der Waals surface area contributed by atoms with Crippen molar-refractivity contribution in [1.29, 1.82) is 0 Å². The molecule has 0 saturated carbocycles. The molecular formula is C15H20BrN3O. The van der Waals surface area contributed by atoms with Gasteiger partial charge in [0.2, 0.25) is 0 Å². The van der Waals surface area contributed by atoms with Crippen molar-refractivity contribution < 1.29 is 4.74 Å². The van der Waals surface area contributed by atoms with E-state index < -0.39 is 0 Å². The van der Waals surface area contributed by atoms with E-state index in [1.807, 2.05) is 23.9 Å². The number of hydrogen-bond acceptors (Lipinski definition) is 3. The monoisotopic (exact) mass is 337 g/mol. The van der Waals surface area contributed by atoms with Crippen LogP contribution in [0.15, 0.2) is 34.9 Å². The number of halogens is 1. The van der Waals surface area contributed by atoms with Gasteiger partial charge in [0.15, 0.2) is 5.75 Å². The molecule has 2 rings (SSSR count). The maximum atomic E-state index is 5.47. The molecule has 5 heteroatoms. The molecule has 1 unspecified atom stereocenters. The SMILES string of the molecule is CCCn1ncc(OC)c1C(NC)c1ccc(Br)cc1. The van der Waals surface area contributed by atoms with Gasteiger partial charge in [-0.15, -0.1) is 0 Å². The second-order valence-electron chi connectivity index (χ2n) is 4.59. The summed E-state index contributed by atoms with van der Waals surface area (Å²) < 4.78 is 8.56. The van der Waals surface area contributed by atoms with Crippen molar-refractivity contribution in [3.63, 3.8) is 0 Å². The topological polar surface area (TPSA) is 39.1 Å². The fourth-order valence-corrected chi connectivity index (χ4v) is 2.60. The molecule has 20 heavy (non-hydrogen) atoms. The minimum Gasteiger partial charge on any atom is -0.493 e. The van der Waals surface area contributed by atoms with E-state index in [2.05, 4.69) is 45.4 Å². The van der Waals surface area contributed by atoms with Gasteiger partial charge in [0.05, 0.1) is 19.3 Å². The molecular weight excluding hydrogens is 318 g/mol. The highest BCUT2D eigenvalue weighted by atomic mass is 79.9. The minimum absolute atomic E-state index is 0.0621. The van der Waals surface area contributed by atoms with Crippen LogP contribution in [0, 0.1) is 0 Å². The van der Waals surface area contributed by atoms with Crippen LogP contribution in [0.3, 0.4) is 0 Å². The highest BCUT2D eigenvalue weighted by molar-refractivity contribution is 9.10. The Labute approximate surface area is 128 Å². The smallest absolute Gasteiger partial charge is 0.161 e. The Hall–Kier alpha value is -1.33. The number of nitrogens with one attached hydrogen (secondary N) is 1. The molecule has 1 atom stereocenters. The van der Waals surface area contributed by atoms with E-state index in [1.54, 1.807) is 13.3 Å². The summed E-state index contributed by atoms with van der Waals surface area (Å²) in [6.07, 6.45) is 2.82. The predicted molar refractivity (Wildman–Crippen MR) is 84.1 cm³/mol. The summed E-state index contributed by atoms with van der Waals surface area (Å²) in [7, 11) is 3.64. The van der Waals surface area contributed by atoms with Gasteiger partial charge in [-0.1, -0.05) is 35.0 Å². The lowest BCUT2D eigenvalue weighted by molar-refractivity contribution is 0.400. The summed E-state index contributed by atoms with van der Waals surface area (Å²) in [5.74, 6) is 0.820. The van der Waals surface area contributed by atoms with Crippen molar-refractivity contribution in [3.8, 4) is 5.75 Å². The van der Waals surface area contributed by atoms with Crippen LogP contribution in [0.4, 0.5) is 0 Å². The first-order valence-corrected chi connectivity index (χ1v) is 7.53. The second kappa shape index (κ2) is 6.90. The van der Waals surface area contributed by atoms with Crippen LogP contribution in [-0.2, 0) is 6.54 Å². The van der Waals surface area contributed by atoms with E-state index in [-0.39, 0.29) is 6.04 Å². The molecule has 0 aliphatic carbocycles. The predicted octanol–water partition coefficient (Wildman–Crippen LogP) is 3.37. The van der Waals surface area contributed by atoms with Crippen LogP contribution in [0.5, 0.6) is 5.75 Å². The van der Waals surface area contributed by atoms with Crippen LogP contribution in [0.25, 0.3) is 0 Å². The Morgan fingerprint density at radius 3 is 2.60 bits per heavy atom. The molecule has 0 bridgehead atoms. The zero-order valence-electron chi connectivity index (χ0n) is 12.1. The van der Waals surface area contributed by atoms with Crippen molar-refractivity contribution in [2.45, 2.75) is 25.9 Å². The summed E-state index contributed by atoms with van der Waals surface area (Å²) in [5, 5.41) is 7.79. The number of aromatic nitrogens is 2. The van der Waals surface area contributed by atoms with Gasteiger partial charge in [-0.2, -0.15) is 5.10 Å². The van der Waals surface area contributed by atoms with Crippen molar-refractivity contribution in [3.05, 3.63) is 46.2 Å². The first-order valence-electron chi connectivity index (χ1n) is 6.73. The summed E-state index contributed by atoms with van der Waals surface area (Å²) in [6.45, 7) is 3.03. The first-order chi connectivity index (χ1) is 9.71. The number of aryl methyl sites for hydroxylation is 1. The molecule has 4 nitrogen and oxygen atoms in total. The molecule has 2 aromatic rings. The molecule has 1 heterocycles. The van der Waals surface area contributed by atoms with Gasteiger partial charge in [-0.3, -0.25) is 4.68 Å². The Morgan fingerprint density at radius 1 is 1.35 bits per heavy atom. The quantitative estimate of drug-likeness (QED) is 0.878. The molecule has 0 aliphatic rings. The zero-order valence-corrected chi connectivity index (χ0v) is 13.6. The van der Waals surface area contributed by atoms with Crippen LogP contribution < -0.4 is 10.1 Å². The molecule has 0 spiro atoms. The third kappa shape index (κ3) is 3.04. The molecule has 0 fully saturated rings. The molecule has 0 aliphatic heterocycles. The fourth-order valence-electron chi connectivity index (χ4n) is 2.33. The third-order valence-corrected chi connectivity index (χ3v) is 3.79. The van der Waals surface area contributed by atoms with Crippen LogP contribution >= 0.6 is 15.9 Å². The number of nitrogens with zero attached hydrogens (tertiary/aromatic N) is 2. The molecule has 0 saturated heterocycles. The average molecular weight is 338 g/mol. The van der Waals surface area contributed by atoms with E-state index in [0.717, 1.165) is 28.9 Å². The number of benzene rings is 1. The van der Waals surface area contributed by atoms with Gasteiger partial charge in [0.25, 0.3) is 0 Å². The Bertz CT molecular complexity index is 551. The van der Waals surface area contributed by atoms with E-state index in [1.165, 1.54) is 5.56 Å². The molecule has 0 radical (unpaired) electrons. The number of methoxy groups -OCH3 is 1. The van der Waals surface area contributed by atoms with Gasteiger partial charge < -0.3 is 10.1 Å². The summed E-state index contributed by atoms with van der Waals surface area (Å²) >= 11 is 3.47. The average Bonchev–Trinajstić information content (AvgIpc) is 2.85. The summed E-state index contributed by atoms with van der Waals surface area (Å²) in [5.41, 5.74) is 2.26. The fraction of sp³-hybridized carbons (Fsp3) is 0.400. The largest absolute Gasteiger partial charge is 0.493 e. The molecule has 108 valence electrons. The zero-order chi connectivity index (χ0) is 14.5. The molecule has 1 N–H and O–H groups in total. The standard InChI is InChI=1S/C15H20BrN3O/c1-4-9-19-15(13(20-3)10-18-19)14(17-2)11-5-7-12(16)8-6-11/h5-8,10,14,17H,4,9H2,1-3H3. The highest BCUT2D eigenvalue weighted by Crippen LogP contribution is 2.30. The van der Waals surface area contributed by atoms with Gasteiger partial charge in [0.1, 0.15) is 5.69 Å². The first kappa shape index (κ1) is 15.1. The van der Waals surface area contributed by atoms with Crippen molar-refractivity contribution in [1.82, 2.24) is 15.1 Å². The van der Waals surface area contributed by atoms with E-state index in [9.17, 15) is 0 Å². The number of rotatable bonds is 6. The van der Waals surface area contributed by atoms with Gasteiger partial charge in [0, 0.05) is 11.0 Å². The Balaban J connectivity index is 2.44. The van der Waals surface area contributed by atoms with Crippen LogP contribution in [0.1, 0.15) is 30.6 Å². The Kier molecular flexibility index (Phi) is 5.20. The molecule has 0 amide bonds. The molecule has 1 aromatic carbocycles. The maximum absolute atomic E-state index is 5.47. The van der Waals surface area contributed by atoms with E-state index in [0.29, 0.717) is 0 Å². The highest BCUT2D eigenvalue weighted by Gasteiger charge is 2.22. The lowest BCUT2D eigenvalue weighted by Gasteiger charge is -2.19. The lowest BCUT2D eigenvalue weighted by Crippen LogP contribution is -2.22. The summed E-state index contributed by atoms with van der Waals surface area (Å²) in [6, 6.07) is 8.37. The van der Waals surface area contributed by atoms with E-state index >= 15 is 0 Å². The van der Waals surface area contributed by atoms with Crippen molar-refractivity contribution >= 4 is 15.9 Å². The maximum Gasteiger partial charge on any atom is 0.161 e. The second-order valence-corrected chi connectivity index (χ2v) is 5.51.